The van der Waals surface area contributed by atoms with Gasteiger partial charge in [0.05, 0.1) is 30.6 Å². The van der Waals surface area contributed by atoms with Crippen molar-refractivity contribution in [1.82, 2.24) is 4.98 Å². The van der Waals surface area contributed by atoms with E-state index in [0.717, 1.165) is 5.69 Å². The second kappa shape index (κ2) is 8.42. The van der Waals surface area contributed by atoms with E-state index in [9.17, 15) is 4.79 Å². The summed E-state index contributed by atoms with van der Waals surface area (Å²) in [6.07, 6.45) is 1.56. The van der Waals surface area contributed by atoms with Crippen molar-refractivity contribution in [3.63, 3.8) is 0 Å². The monoisotopic (exact) mass is 383 g/mol. The van der Waals surface area contributed by atoms with Crippen LogP contribution in [-0.2, 0) is 0 Å². The molecule has 7 heteroatoms. The molecule has 0 unspecified atom stereocenters. The average Bonchev–Trinajstić information content (AvgIpc) is 2.70. The van der Waals surface area contributed by atoms with Crippen LogP contribution in [0.4, 0.5) is 17.1 Å². The van der Waals surface area contributed by atoms with Crippen LogP contribution in [0.3, 0.4) is 0 Å². The number of pyridine rings is 1. The third-order valence-corrected chi connectivity index (χ3v) is 4.13. The Morgan fingerprint density at radius 1 is 1.00 bits per heavy atom. The van der Waals surface area contributed by atoms with Crippen LogP contribution in [0.25, 0.3) is 0 Å². The van der Waals surface area contributed by atoms with Crippen molar-refractivity contribution in [2.24, 2.45) is 0 Å². The summed E-state index contributed by atoms with van der Waals surface area (Å²) in [7, 11) is 3.17. The van der Waals surface area contributed by atoms with Crippen LogP contribution in [0.5, 0.6) is 11.5 Å². The minimum Gasteiger partial charge on any atom is -0.497 e. The second-order valence-electron chi connectivity index (χ2n) is 5.55. The molecule has 0 radical (unpaired) electrons. The van der Waals surface area contributed by atoms with Gasteiger partial charge in [0.15, 0.2) is 0 Å². The minimum atomic E-state index is -0.353. The quantitative estimate of drug-likeness (QED) is 0.642. The molecule has 0 saturated carbocycles. The largest absolute Gasteiger partial charge is 0.497 e. The van der Waals surface area contributed by atoms with Gasteiger partial charge in [-0.15, -0.1) is 0 Å². The molecule has 1 amide bonds. The number of anilines is 3. The molecule has 2 N–H and O–H groups in total. The molecular formula is C20H18ClN3O3. The lowest BCUT2D eigenvalue weighted by Gasteiger charge is -2.13. The SMILES string of the molecule is COc1ccc(Nc2ccnc(C(=O)Nc3ccccc3Cl)c2)c(OC)c1. The molecule has 138 valence electrons. The standard InChI is InChI=1S/C20H18ClN3O3/c1-26-14-7-8-17(19(12-14)27-2)23-13-9-10-22-18(11-13)20(25)24-16-6-4-3-5-15(16)21/h3-12H,1-2H3,(H,22,23)(H,24,25). The third kappa shape index (κ3) is 4.48. The lowest BCUT2D eigenvalue weighted by Crippen LogP contribution is -2.14. The highest BCUT2D eigenvalue weighted by molar-refractivity contribution is 6.33. The summed E-state index contributed by atoms with van der Waals surface area (Å²) < 4.78 is 10.6. The average molecular weight is 384 g/mol. The van der Waals surface area contributed by atoms with E-state index in [2.05, 4.69) is 15.6 Å². The van der Waals surface area contributed by atoms with Crippen molar-refractivity contribution in [3.8, 4) is 11.5 Å². The van der Waals surface area contributed by atoms with Crippen molar-refractivity contribution in [2.75, 3.05) is 24.9 Å². The Hall–Kier alpha value is -3.25. The molecule has 3 aromatic rings. The van der Waals surface area contributed by atoms with Crippen molar-refractivity contribution in [2.45, 2.75) is 0 Å². The first-order valence-electron chi connectivity index (χ1n) is 8.11. The van der Waals surface area contributed by atoms with Crippen LogP contribution < -0.4 is 20.1 Å². The molecule has 0 aliphatic carbocycles. The zero-order chi connectivity index (χ0) is 19.2. The van der Waals surface area contributed by atoms with E-state index < -0.39 is 0 Å². The van der Waals surface area contributed by atoms with E-state index in [1.54, 1.807) is 62.9 Å². The van der Waals surface area contributed by atoms with E-state index >= 15 is 0 Å². The Morgan fingerprint density at radius 3 is 2.56 bits per heavy atom. The van der Waals surface area contributed by atoms with Gasteiger partial charge in [-0.25, -0.2) is 0 Å². The number of amides is 1. The lowest BCUT2D eigenvalue weighted by atomic mass is 10.2. The van der Waals surface area contributed by atoms with Crippen molar-refractivity contribution < 1.29 is 14.3 Å². The van der Waals surface area contributed by atoms with Gasteiger partial charge in [-0.1, -0.05) is 23.7 Å². The van der Waals surface area contributed by atoms with Gasteiger partial charge in [0.25, 0.3) is 5.91 Å². The van der Waals surface area contributed by atoms with Gasteiger partial charge in [0, 0.05) is 18.0 Å². The number of hydrogen-bond acceptors (Lipinski definition) is 5. The molecule has 0 aliphatic rings. The van der Waals surface area contributed by atoms with E-state index in [1.165, 1.54) is 0 Å². The summed E-state index contributed by atoms with van der Waals surface area (Å²) in [6.45, 7) is 0. The van der Waals surface area contributed by atoms with Gasteiger partial charge >= 0.3 is 0 Å². The molecule has 6 nitrogen and oxygen atoms in total. The fraction of sp³-hybridized carbons (Fsp3) is 0.100. The molecule has 27 heavy (non-hydrogen) atoms. The maximum atomic E-state index is 12.5. The van der Waals surface area contributed by atoms with Gasteiger partial charge in [-0.2, -0.15) is 0 Å². The number of hydrogen-bond donors (Lipinski definition) is 2. The maximum Gasteiger partial charge on any atom is 0.274 e. The van der Waals surface area contributed by atoms with Gasteiger partial charge in [0.2, 0.25) is 0 Å². The maximum absolute atomic E-state index is 12.5. The number of ether oxygens (including phenoxy) is 2. The van der Waals surface area contributed by atoms with Gasteiger partial charge < -0.3 is 20.1 Å². The number of halogens is 1. The summed E-state index contributed by atoms with van der Waals surface area (Å²) >= 11 is 6.08. The zero-order valence-electron chi connectivity index (χ0n) is 14.8. The number of carbonyl (C=O) groups excluding carboxylic acids is 1. The Labute approximate surface area is 162 Å². The summed E-state index contributed by atoms with van der Waals surface area (Å²) in [5.74, 6) is 0.952. The molecule has 0 saturated heterocycles. The highest BCUT2D eigenvalue weighted by atomic mass is 35.5. The molecular weight excluding hydrogens is 366 g/mol. The highest BCUT2D eigenvalue weighted by Gasteiger charge is 2.11. The van der Waals surface area contributed by atoms with Crippen LogP contribution in [0, 0.1) is 0 Å². The summed E-state index contributed by atoms with van der Waals surface area (Å²) in [5.41, 5.74) is 2.22. The van der Waals surface area contributed by atoms with Crippen LogP contribution in [0.2, 0.25) is 5.02 Å². The number of aromatic nitrogens is 1. The molecule has 0 fully saturated rings. The molecule has 2 aromatic carbocycles. The van der Waals surface area contributed by atoms with Crippen molar-refractivity contribution in [3.05, 3.63) is 71.5 Å². The van der Waals surface area contributed by atoms with E-state index in [0.29, 0.717) is 27.9 Å². The van der Waals surface area contributed by atoms with Crippen LogP contribution >= 0.6 is 11.6 Å². The lowest BCUT2D eigenvalue weighted by molar-refractivity contribution is 0.102. The number of nitrogens with zero attached hydrogens (tertiary/aromatic N) is 1. The molecule has 3 rings (SSSR count). The Balaban J connectivity index is 1.80. The predicted molar refractivity (Wildman–Crippen MR) is 106 cm³/mol. The van der Waals surface area contributed by atoms with E-state index in [4.69, 9.17) is 21.1 Å². The topological polar surface area (TPSA) is 72.5 Å². The minimum absolute atomic E-state index is 0.257. The van der Waals surface area contributed by atoms with Gasteiger partial charge in [-0.05, 0) is 36.4 Å². The number of para-hydroxylation sites is 1. The Kier molecular flexibility index (Phi) is 5.78. The summed E-state index contributed by atoms with van der Waals surface area (Å²) in [5, 5.41) is 6.43. The predicted octanol–water partition coefficient (Wildman–Crippen LogP) is 4.75. The molecule has 0 aliphatic heterocycles. The van der Waals surface area contributed by atoms with Gasteiger partial charge in [0.1, 0.15) is 17.2 Å². The van der Waals surface area contributed by atoms with Crippen LogP contribution in [-0.4, -0.2) is 25.1 Å². The number of nitrogens with one attached hydrogen (secondary N) is 2. The molecule has 0 spiro atoms. The molecule has 1 aromatic heterocycles. The van der Waals surface area contributed by atoms with E-state index in [-0.39, 0.29) is 11.6 Å². The molecule has 0 atom stereocenters. The Bertz CT molecular complexity index is 963. The number of methoxy groups -OCH3 is 2. The summed E-state index contributed by atoms with van der Waals surface area (Å²) in [6, 6.07) is 15.9. The van der Waals surface area contributed by atoms with Crippen LogP contribution in [0.15, 0.2) is 60.8 Å². The second-order valence-corrected chi connectivity index (χ2v) is 5.96. The number of rotatable bonds is 6. The Morgan fingerprint density at radius 2 is 1.81 bits per heavy atom. The number of carbonyl (C=O) groups is 1. The normalized spacial score (nSPS) is 10.2. The highest BCUT2D eigenvalue weighted by Crippen LogP contribution is 2.31. The van der Waals surface area contributed by atoms with Crippen LogP contribution in [0.1, 0.15) is 10.5 Å². The first kappa shape index (κ1) is 18.5. The first-order valence-corrected chi connectivity index (χ1v) is 8.49. The fourth-order valence-corrected chi connectivity index (χ4v) is 2.62. The number of benzene rings is 2. The van der Waals surface area contributed by atoms with Crippen molar-refractivity contribution >= 4 is 34.6 Å². The first-order chi connectivity index (χ1) is 13.1. The third-order valence-electron chi connectivity index (χ3n) is 3.80. The fourth-order valence-electron chi connectivity index (χ4n) is 2.44. The van der Waals surface area contributed by atoms with E-state index in [1.807, 2.05) is 12.1 Å². The molecule has 0 bridgehead atoms. The van der Waals surface area contributed by atoms with Gasteiger partial charge in [-0.3, -0.25) is 9.78 Å². The molecule has 1 heterocycles. The smallest absolute Gasteiger partial charge is 0.274 e. The zero-order valence-corrected chi connectivity index (χ0v) is 15.6. The summed E-state index contributed by atoms with van der Waals surface area (Å²) in [4.78, 5) is 16.6. The van der Waals surface area contributed by atoms with Crippen molar-refractivity contribution in [1.29, 1.82) is 0 Å².